The van der Waals surface area contributed by atoms with E-state index in [9.17, 15) is 4.79 Å². The predicted octanol–water partition coefficient (Wildman–Crippen LogP) is 4.04. The van der Waals surface area contributed by atoms with Gasteiger partial charge in [-0.25, -0.2) is 4.79 Å². The van der Waals surface area contributed by atoms with Gasteiger partial charge in [0.05, 0.1) is 0 Å². The highest BCUT2D eigenvalue weighted by molar-refractivity contribution is 5.81. The molecule has 2 heterocycles. The Morgan fingerprint density at radius 1 is 0.857 bits per heavy atom. The molecule has 1 aliphatic heterocycles. The zero-order chi connectivity index (χ0) is 19.7. The first-order valence-corrected chi connectivity index (χ1v) is 10.0. The third-order valence-corrected chi connectivity index (χ3v) is 5.79. The Labute approximate surface area is 166 Å². The minimum atomic E-state index is -0.260. The van der Waals surface area contributed by atoms with Crippen molar-refractivity contribution in [3.05, 3.63) is 80.7 Å². The Hall–Kier alpha value is -2.43. The fourth-order valence-corrected chi connectivity index (χ4v) is 4.03. The van der Waals surface area contributed by atoms with Crippen molar-refractivity contribution >= 4 is 11.0 Å². The molecule has 1 saturated heterocycles. The van der Waals surface area contributed by atoms with Crippen LogP contribution in [0, 0.1) is 20.8 Å². The normalized spacial score (nSPS) is 16.0. The molecule has 4 rings (SSSR count). The van der Waals surface area contributed by atoms with E-state index >= 15 is 0 Å². The first-order valence-electron chi connectivity index (χ1n) is 10.0. The summed E-state index contributed by atoms with van der Waals surface area (Å²) in [6.45, 7) is 12.2. The molecule has 0 radical (unpaired) electrons. The number of fused-ring (bicyclic) bond motifs is 1. The first-order chi connectivity index (χ1) is 13.5. The number of piperazine rings is 1. The van der Waals surface area contributed by atoms with Crippen molar-refractivity contribution in [3.63, 3.8) is 0 Å². The molecule has 0 spiro atoms. The second kappa shape index (κ2) is 7.90. The fraction of sp³-hybridized carbons (Fsp3) is 0.375. The summed E-state index contributed by atoms with van der Waals surface area (Å²) < 4.78 is 5.44. The van der Waals surface area contributed by atoms with E-state index in [1.807, 2.05) is 6.07 Å². The first kappa shape index (κ1) is 18.9. The van der Waals surface area contributed by atoms with Gasteiger partial charge in [0.15, 0.2) is 0 Å². The van der Waals surface area contributed by atoms with Crippen molar-refractivity contribution in [2.24, 2.45) is 0 Å². The van der Waals surface area contributed by atoms with Crippen molar-refractivity contribution in [2.45, 2.75) is 33.9 Å². The van der Waals surface area contributed by atoms with Gasteiger partial charge in [-0.15, -0.1) is 0 Å². The molecular formula is C24H28N2O2. The summed E-state index contributed by atoms with van der Waals surface area (Å²) in [4.78, 5) is 17.0. The molecule has 0 saturated carbocycles. The second-order valence-corrected chi connectivity index (χ2v) is 8.06. The maximum atomic E-state index is 12.0. The van der Waals surface area contributed by atoms with Crippen molar-refractivity contribution in [1.82, 2.24) is 9.80 Å². The Bertz CT molecular complexity index is 1050. The molecule has 0 bridgehead atoms. The summed E-state index contributed by atoms with van der Waals surface area (Å²) >= 11 is 0. The van der Waals surface area contributed by atoms with E-state index in [4.69, 9.17) is 4.42 Å². The lowest BCUT2D eigenvalue weighted by atomic mass is 10.0. The van der Waals surface area contributed by atoms with Crippen LogP contribution in [0.25, 0.3) is 11.0 Å². The lowest BCUT2D eigenvalue weighted by Gasteiger charge is -2.35. The topological polar surface area (TPSA) is 36.7 Å². The maximum Gasteiger partial charge on any atom is 0.336 e. The Balaban J connectivity index is 1.45. The average molecular weight is 377 g/mol. The number of benzene rings is 2. The molecule has 0 unspecified atom stereocenters. The number of nitrogens with zero attached hydrogens (tertiary/aromatic N) is 2. The number of rotatable bonds is 4. The highest BCUT2D eigenvalue weighted by atomic mass is 16.4. The molecule has 3 aromatic rings. The van der Waals surface area contributed by atoms with Crippen LogP contribution in [0.5, 0.6) is 0 Å². The molecule has 4 heteroatoms. The van der Waals surface area contributed by atoms with E-state index in [1.165, 1.54) is 16.7 Å². The van der Waals surface area contributed by atoms with E-state index in [1.54, 1.807) is 6.07 Å². The van der Waals surface area contributed by atoms with Gasteiger partial charge in [0.1, 0.15) is 5.58 Å². The summed E-state index contributed by atoms with van der Waals surface area (Å²) in [5.41, 5.74) is 6.58. The molecule has 4 nitrogen and oxygen atoms in total. The van der Waals surface area contributed by atoms with E-state index in [2.05, 4.69) is 60.9 Å². The summed E-state index contributed by atoms with van der Waals surface area (Å²) in [5, 5.41) is 1.06. The highest BCUT2D eigenvalue weighted by Crippen LogP contribution is 2.23. The summed E-state index contributed by atoms with van der Waals surface area (Å²) in [5.74, 6) is 0. The van der Waals surface area contributed by atoms with Crippen LogP contribution in [0.4, 0.5) is 0 Å². The van der Waals surface area contributed by atoms with Crippen LogP contribution in [-0.4, -0.2) is 36.0 Å². The van der Waals surface area contributed by atoms with Gasteiger partial charge < -0.3 is 4.42 Å². The number of hydrogen-bond acceptors (Lipinski definition) is 4. The lowest BCUT2D eigenvalue weighted by Crippen LogP contribution is -2.45. The summed E-state index contributed by atoms with van der Waals surface area (Å²) in [6.07, 6.45) is 0. The molecule has 0 N–H and O–H groups in total. The van der Waals surface area contributed by atoms with Crippen LogP contribution in [0.3, 0.4) is 0 Å². The molecule has 28 heavy (non-hydrogen) atoms. The van der Waals surface area contributed by atoms with E-state index in [0.717, 1.165) is 55.8 Å². The van der Waals surface area contributed by atoms with Crippen LogP contribution in [0.1, 0.15) is 27.8 Å². The van der Waals surface area contributed by atoms with Gasteiger partial charge in [0.25, 0.3) is 0 Å². The minimum Gasteiger partial charge on any atom is -0.423 e. The molecule has 2 aromatic carbocycles. The van der Waals surface area contributed by atoms with E-state index in [-0.39, 0.29) is 5.63 Å². The minimum absolute atomic E-state index is 0.260. The Kier molecular flexibility index (Phi) is 5.33. The summed E-state index contributed by atoms with van der Waals surface area (Å²) in [7, 11) is 0. The van der Waals surface area contributed by atoms with Crippen molar-refractivity contribution in [3.8, 4) is 0 Å². The third-order valence-electron chi connectivity index (χ3n) is 5.79. The Morgan fingerprint density at radius 3 is 2.25 bits per heavy atom. The molecule has 0 aliphatic carbocycles. The maximum absolute atomic E-state index is 12.0. The molecule has 1 aliphatic rings. The van der Waals surface area contributed by atoms with Crippen LogP contribution in [-0.2, 0) is 13.1 Å². The highest BCUT2D eigenvalue weighted by Gasteiger charge is 2.19. The number of hydrogen-bond donors (Lipinski definition) is 0. The number of aryl methyl sites for hydroxylation is 3. The van der Waals surface area contributed by atoms with Gasteiger partial charge in [-0.1, -0.05) is 29.8 Å². The van der Waals surface area contributed by atoms with Gasteiger partial charge in [-0.2, -0.15) is 0 Å². The van der Waals surface area contributed by atoms with E-state index in [0.29, 0.717) is 5.58 Å². The van der Waals surface area contributed by atoms with Gasteiger partial charge in [0, 0.05) is 50.7 Å². The second-order valence-electron chi connectivity index (χ2n) is 8.06. The zero-order valence-electron chi connectivity index (χ0n) is 17.0. The average Bonchev–Trinajstić information content (AvgIpc) is 2.65. The smallest absolute Gasteiger partial charge is 0.336 e. The van der Waals surface area contributed by atoms with E-state index < -0.39 is 0 Å². The zero-order valence-corrected chi connectivity index (χ0v) is 17.0. The third kappa shape index (κ3) is 4.18. The lowest BCUT2D eigenvalue weighted by molar-refractivity contribution is 0.122. The van der Waals surface area contributed by atoms with Crippen molar-refractivity contribution in [1.29, 1.82) is 0 Å². The molecule has 1 aromatic heterocycles. The van der Waals surface area contributed by atoms with Crippen LogP contribution in [0.2, 0.25) is 0 Å². The molecule has 0 atom stereocenters. The van der Waals surface area contributed by atoms with Gasteiger partial charge in [-0.05, 0) is 55.2 Å². The van der Waals surface area contributed by atoms with Crippen LogP contribution in [0.15, 0.2) is 51.7 Å². The SMILES string of the molecule is Cc1cccc(CN2CCN(Cc3cc(=O)oc4cc(C)c(C)cc34)CC2)c1. The van der Waals surface area contributed by atoms with Crippen LogP contribution >= 0.6 is 0 Å². The molecule has 146 valence electrons. The molecular weight excluding hydrogens is 348 g/mol. The predicted molar refractivity (Wildman–Crippen MR) is 114 cm³/mol. The summed E-state index contributed by atoms with van der Waals surface area (Å²) in [6, 6.07) is 14.6. The van der Waals surface area contributed by atoms with Gasteiger partial charge in [-0.3, -0.25) is 9.80 Å². The monoisotopic (exact) mass is 376 g/mol. The van der Waals surface area contributed by atoms with Gasteiger partial charge in [0.2, 0.25) is 0 Å². The molecule has 0 amide bonds. The quantitative estimate of drug-likeness (QED) is 0.644. The fourth-order valence-electron chi connectivity index (χ4n) is 4.03. The van der Waals surface area contributed by atoms with Crippen LogP contribution < -0.4 is 5.63 Å². The largest absolute Gasteiger partial charge is 0.423 e. The van der Waals surface area contributed by atoms with Crippen molar-refractivity contribution in [2.75, 3.05) is 26.2 Å². The molecule has 1 fully saturated rings. The van der Waals surface area contributed by atoms with Gasteiger partial charge >= 0.3 is 5.63 Å². The Morgan fingerprint density at radius 2 is 1.54 bits per heavy atom. The van der Waals surface area contributed by atoms with Crippen molar-refractivity contribution < 1.29 is 4.42 Å². The standard InChI is InChI=1S/C24H28N2O2/c1-17-5-4-6-20(11-17)15-25-7-9-26(10-8-25)16-21-14-24(27)28-23-13-19(3)18(2)12-22(21)23/h4-6,11-14H,7-10,15-16H2,1-3H3.